The number of rotatable bonds is 5. The maximum atomic E-state index is 9.79. The van der Waals surface area contributed by atoms with Crippen LogP contribution in [0.4, 0.5) is 0 Å². The fraction of sp³-hybridized carbons (Fsp3) is 0.200. The van der Waals surface area contributed by atoms with Crippen LogP contribution in [0.2, 0.25) is 0 Å². The van der Waals surface area contributed by atoms with Crippen LogP contribution in [-0.4, -0.2) is 16.8 Å². The Bertz CT molecular complexity index is 494. The van der Waals surface area contributed by atoms with Crippen molar-refractivity contribution >= 4 is 0 Å². The maximum Gasteiger partial charge on any atom is 0.161 e. The minimum Gasteiger partial charge on any atom is -0.504 e. The molecule has 0 aliphatic rings. The van der Waals surface area contributed by atoms with Crippen molar-refractivity contribution in [1.82, 2.24) is 0 Å². The van der Waals surface area contributed by atoms with Gasteiger partial charge in [0.25, 0.3) is 0 Å². The van der Waals surface area contributed by atoms with Crippen molar-refractivity contribution in [3.63, 3.8) is 0 Å². The number of aromatic hydroxyl groups is 1. The lowest BCUT2D eigenvalue weighted by molar-refractivity contribution is 0.287. The quantitative estimate of drug-likeness (QED) is 0.849. The summed E-state index contributed by atoms with van der Waals surface area (Å²) in [5, 5.41) is 18.6. The molecule has 0 fully saturated rings. The summed E-state index contributed by atoms with van der Waals surface area (Å²) in [5.74, 6) is 0.567. The molecule has 0 aliphatic carbocycles. The molecule has 0 saturated heterocycles. The Balaban J connectivity index is 2.01. The lowest BCUT2D eigenvalue weighted by Gasteiger charge is -2.09. The summed E-state index contributed by atoms with van der Waals surface area (Å²) in [6.07, 6.45) is 0.534. The summed E-state index contributed by atoms with van der Waals surface area (Å²) in [6.45, 7) is 0.497. The number of ether oxygens (including phenoxy) is 1. The SMILES string of the molecule is OCCc1ccc(OCc2ccccc2)c(O)c1. The zero-order valence-corrected chi connectivity index (χ0v) is 10.0. The van der Waals surface area contributed by atoms with Crippen molar-refractivity contribution < 1.29 is 14.9 Å². The zero-order chi connectivity index (χ0) is 12.8. The van der Waals surface area contributed by atoms with Crippen molar-refractivity contribution in [2.45, 2.75) is 13.0 Å². The molecule has 94 valence electrons. The second-order valence-corrected chi connectivity index (χ2v) is 4.05. The van der Waals surface area contributed by atoms with Crippen molar-refractivity contribution in [1.29, 1.82) is 0 Å². The average Bonchev–Trinajstić information content (AvgIpc) is 2.39. The molecule has 18 heavy (non-hydrogen) atoms. The van der Waals surface area contributed by atoms with E-state index in [1.54, 1.807) is 12.1 Å². The molecular formula is C15H16O3. The summed E-state index contributed by atoms with van der Waals surface area (Å²) < 4.78 is 5.54. The molecule has 0 atom stereocenters. The van der Waals surface area contributed by atoms with Crippen LogP contribution in [0.15, 0.2) is 48.5 Å². The van der Waals surface area contributed by atoms with Gasteiger partial charge in [-0.15, -0.1) is 0 Å². The number of hydrogen-bond acceptors (Lipinski definition) is 3. The predicted octanol–water partition coefficient (Wildman–Crippen LogP) is 2.51. The minimum atomic E-state index is 0.0731. The third-order valence-electron chi connectivity index (χ3n) is 2.66. The highest BCUT2D eigenvalue weighted by atomic mass is 16.5. The lowest BCUT2D eigenvalue weighted by atomic mass is 10.1. The first-order chi connectivity index (χ1) is 8.79. The Morgan fingerprint density at radius 3 is 2.39 bits per heavy atom. The second-order valence-electron chi connectivity index (χ2n) is 4.05. The van der Waals surface area contributed by atoms with E-state index in [0.29, 0.717) is 18.8 Å². The average molecular weight is 244 g/mol. The van der Waals surface area contributed by atoms with E-state index in [2.05, 4.69) is 0 Å². The predicted molar refractivity (Wildman–Crippen MR) is 69.7 cm³/mol. The van der Waals surface area contributed by atoms with Gasteiger partial charge in [-0.25, -0.2) is 0 Å². The van der Waals surface area contributed by atoms with E-state index < -0.39 is 0 Å². The first-order valence-electron chi connectivity index (χ1n) is 5.89. The van der Waals surface area contributed by atoms with E-state index >= 15 is 0 Å². The Hall–Kier alpha value is -2.00. The topological polar surface area (TPSA) is 49.7 Å². The van der Waals surface area contributed by atoms with Gasteiger partial charge in [0.2, 0.25) is 0 Å². The van der Waals surface area contributed by atoms with Crippen LogP contribution in [0.1, 0.15) is 11.1 Å². The monoisotopic (exact) mass is 244 g/mol. The number of aliphatic hydroxyl groups is 1. The summed E-state index contributed by atoms with van der Waals surface area (Å²) in [4.78, 5) is 0. The fourth-order valence-corrected chi connectivity index (χ4v) is 1.70. The van der Waals surface area contributed by atoms with Gasteiger partial charge in [0.05, 0.1) is 0 Å². The molecule has 2 aromatic carbocycles. The molecule has 3 nitrogen and oxygen atoms in total. The number of hydrogen-bond donors (Lipinski definition) is 2. The number of phenolic OH excluding ortho intramolecular Hbond substituents is 1. The van der Waals surface area contributed by atoms with E-state index in [1.807, 2.05) is 36.4 Å². The van der Waals surface area contributed by atoms with Gasteiger partial charge in [-0.05, 0) is 29.7 Å². The first-order valence-corrected chi connectivity index (χ1v) is 5.89. The molecule has 0 aromatic heterocycles. The molecule has 3 heteroatoms. The zero-order valence-electron chi connectivity index (χ0n) is 10.0. The van der Waals surface area contributed by atoms with Crippen molar-refractivity contribution in [3.05, 3.63) is 59.7 Å². The molecule has 2 rings (SSSR count). The van der Waals surface area contributed by atoms with Crippen LogP contribution in [0, 0.1) is 0 Å². The Morgan fingerprint density at radius 2 is 1.72 bits per heavy atom. The van der Waals surface area contributed by atoms with Gasteiger partial charge in [0.1, 0.15) is 6.61 Å². The molecular weight excluding hydrogens is 228 g/mol. The number of phenols is 1. The van der Waals surface area contributed by atoms with E-state index in [1.165, 1.54) is 0 Å². The minimum absolute atomic E-state index is 0.0731. The molecule has 0 amide bonds. The van der Waals surface area contributed by atoms with Crippen LogP contribution in [0.25, 0.3) is 0 Å². The Morgan fingerprint density at radius 1 is 0.944 bits per heavy atom. The van der Waals surface area contributed by atoms with Crippen molar-refractivity contribution in [3.8, 4) is 11.5 Å². The van der Waals surface area contributed by atoms with Gasteiger partial charge >= 0.3 is 0 Å². The van der Waals surface area contributed by atoms with Crippen LogP contribution in [0.5, 0.6) is 11.5 Å². The highest BCUT2D eigenvalue weighted by Crippen LogP contribution is 2.27. The van der Waals surface area contributed by atoms with Gasteiger partial charge < -0.3 is 14.9 Å². The van der Waals surface area contributed by atoms with Gasteiger partial charge in [-0.2, -0.15) is 0 Å². The molecule has 2 aromatic rings. The van der Waals surface area contributed by atoms with Crippen LogP contribution in [-0.2, 0) is 13.0 Å². The summed E-state index contributed by atoms with van der Waals surface area (Å²) in [5.41, 5.74) is 1.94. The van der Waals surface area contributed by atoms with Crippen LogP contribution >= 0.6 is 0 Å². The van der Waals surface area contributed by atoms with Gasteiger partial charge in [-0.3, -0.25) is 0 Å². The molecule has 0 bridgehead atoms. The first kappa shape index (κ1) is 12.5. The Kier molecular flexibility index (Phi) is 4.20. The second kappa shape index (κ2) is 6.07. The molecule has 0 aliphatic heterocycles. The molecule has 2 N–H and O–H groups in total. The van der Waals surface area contributed by atoms with Gasteiger partial charge in [-0.1, -0.05) is 36.4 Å². The smallest absolute Gasteiger partial charge is 0.161 e. The van der Waals surface area contributed by atoms with E-state index in [4.69, 9.17) is 9.84 Å². The fourth-order valence-electron chi connectivity index (χ4n) is 1.70. The van der Waals surface area contributed by atoms with Crippen LogP contribution in [0.3, 0.4) is 0 Å². The third-order valence-corrected chi connectivity index (χ3v) is 2.66. The summed E-state index contributed by atoms with van der Waals surface area (Å²) in [6, 6.07) is 15.0. The van der Waals surface area contributed by atoms with Crippen molar-refractivity contribution in [2.24, 2.45) is 0 Å². The molecule has 0 radical (unpaired) electrons. The standard InChI is InChI=1S/C15H16O3/c16-9-8-12-6-7-15(14(17)10-12)18-11-13-4-2-1-3-5-13/h1-7,10,16-17H,8-9,11H2. The summed E-state index contributed by atoms with van der Waals surface area (Å²) >= 11 is 0. The lowest BCUT2D eigenvalue weighted by Crippen LogP contribution is -1.96. The number of aliphatic hydroxyl groups excluding tert-OH is 1. The molecule has 0 unspecified atom stereocenters. The molecule has 0 spiro atoms. The van der Waals surface area contributed by atoms with Gasteiger partial charge in [0.15, 0.2) is 11.5 Å². The number of benzene rings is 2. The normalized spacial score (nSPS) is 10.3. The largest absolute Gasteiger partial charge is 0.504 e. The highest BCUT2D eigenvalue weighted by Gasteiger charge is 2.04. The molecule has 0 saturated carbocycles. The third kappa shape index (κ3) is 3.25. The van der Waals surface area contributed by atoms with E-state index in [-0.39, 0.29) is 12.4 Å². The van der Waals surface area contributed by atoms with E-state index in [0.717, 1.165) is 11.1 Å². The highest BCUT2D eigenvalue weighted by molar-refractivity contribution is 5.42. The van der Waals surface area contributed by atoms with Crippen LogP contribution < -0.4 is 4.74 Å². The Labute approximate surface area is 106 Å². The maximum absolute atomic E-state index is 9.79. The summed E-state index contributed by atoms with van der Waals surface area (Å²) in [7, 11) is 0. The van der Waals surface area contributed by atoms with Gasteiger partial charge in [0, 0.05) is 6.61 Å². The molecule has 0 heterocycles. The van der Waals surface area contributed by atoms with E-state index in [9.17, 15) is 5.11 Å². The van der Waals surface area contributed by atoms with Crippen molar-refractivity contribution in [2.75, 3.05) is 6.61 Å².